The molecule has 1 spiro atoms. The zero-order valence-corrected chi connectivity index (χ0v) is 31.9. The zero-order chi connectivity index (χ0) is 36.2. The fourth-order valence-corrected chi connectivity index (χ4v) is 19.3. The van der Waals surface area contributed by atoms with E-state index in [4.69, 9.17) is 14.2 Å². The molecule has 2 N–H and O–H groups in total. The van der Waals surface area contributed by atoms with Crippen LogP contribution in [-0.2, 0) is 28.6 Å². The van der Waals surface area contributed by atoms with Crippen LogP contribution in [0, 0.1) is 57.7 Å². The molecule has 12 bridgehead atoms. The standard InChI is InChI=1S/C40H54F2O8S2/c1-33(41,42)30(43)50-39-14-23-4-28(15-39)40(29(5-23)16-39)51-21-34(22-52-40,19-48-31(44)35-6-24-2-25(7-35)11-37(46,10-24)17-35)20-49-32(45)36-8-26-3-27(9-36)13-38(47,12-26)18-36/h23-29,46-47H,2-22H2,1H3. The number of carbonyl (C=O) groups excluding carboxylic acids is 3. The lowest BCUT2D eigenvalue weighted by Gasteiger charge is -2.65. The van der Waals surface area contributed by atoms with Gasteiger partial charge in [0.2, 0.25) is 0 Å². The molecule has 0 radical (unpaired) electrons. The fraction of sp³-hybridized carbons (Fsp3) is 0.925. The Labute approximate surface area is 313 Å². The van der Waals surface area contributed by atoms with Crippen molar-refractivity contribution in [3.05, 3.63) is 0 Å². The van der Waals surface area contributed by atoms with Crippen LogP contribution in [0.1, 0.15) is 116 Å². The summed E-state index contributed by atoms with van der Waals surface area (Å²) in [6.45, 7) is 0.884. The van der Waals surface area contributed by atoms with Gasteiger partial charge in [0, 0.05) is 18.4 Å². The summed E-state index contributed by atoms with van der Waals surface area (Å²) in [5.74, 6) is -1.94. The second-order valence-corrected chi connectivity index (χ2v) is 23.5. The predicted molar refractivity (Wildman–Crippen MR) is 189 cm³/mol. The summed E-state index contributed by atoms with van der Waals surface area (Å²) in [6, 6.07) is 0. The van der Waals surface area contributed by atoms with Crippen LogP contribution in [0.5, 0.6) is 0 Å². The second kappa shape index (κ2) is 11.3. The lowest BCUT2D eigenvalue weighted by Crippen LogP contribution is -2.64. The first-order valence-corrected chi connectivity index (χ1v) is 22.1. The van der Waals surface area contributed by atoms with Gasteiger partial charge in [0.05, 0.1) is 31.5 Å². The summed E-state index contributed by atoms with van der Waals surface area (Å²) >= 11 is 3.73. The fourth-order valence-electron chi connectivity index (χ4n) is 15.2. The van der Waals surface area contributed by atoms with E-state index >= 15 is 0 Å². The summed E-state index contributed by atoms with van der Waals surface area (Å²) in [7, 11) is 0. The maximum Gasteiger partial charge on any atom is 0.377 e. The van der Waals surface area contributed by atoms with Crippen molar-refractivity contribution in [2.45, 2.75) is 143 Å². The molecule has 13 fully saturated rings. The van der Waals surface area contributed by atoms with Gasteiger partial charge in [0.15, 0.2) is 0 Å². The molecule has 0 aromatic carbocycles. The lowest BCUT2D eigenvalue weighted by molar-refractivity contribution is -0.208. The molecule has 13 rings (SSSR count). The maximum atomic E-state index is 14.1. The molecule has 13 aliphatic rings. The number of hydrogen-bond donors (Lipinski definition) is 2. The normalized spacial score (nSPS) is 53.4. The van der Waals surface area contributed by atoms with Crippen molar-refractivity contribution in [1.29, 1.82) is 0 Å². The largest absolute Gasteiger partial charge is 0.464 e. The molecule has 6 atom stereocenters. The Hall–Kier alpha value is -1.11. The molecule has 0 amide bonds. The molecule has 0 aromatic rings. The number of halogens is 2. The Morgan fingerprint density at radius 2 is 1.10 bits per heavy atom. The predicted octanol–water partition coefficient (Wildman–Crippen LogP) is 6.68. The van der Waals surface area contributed by atoms with Crippen LogP contribution in [0.25, 0.3) is 0 Å². The first kappa shape index (κ1) is 35.3. The molecule has 12 heteroatoms. The van der Waals surface area contributed by atoms with Gasteiger partial charge in [0.1, 0.15) is 18.8 Å². The highest BCUT2D eigenvalue weighted by atomic mass is 32.2. The van der Waals surface area contributed by atoms with Crippen molar-refractivity contribution in [2.75, 3.05) is 24.7 Å². The number of aliphatic hydroxyl groups is 2. The Bertz CT molecular complexity index is 1440. The molecule has 1 saturated heterocycles. The van der Waals surface area contributed by atoms with E-state index in [2.05, 4.69) is 0 Å². The van der Waals surface area contributed by atoms with Crippen LogP contribution >= 0.6 is 23.5 Å². The number of thioether (sulfide) groups is 2. The molecule has 0 aromatic heterocycles. The first-order valence-electron chi connectivity index (χ1n) is 20.1. The van der Waals surface area contributed by atoms with Crippen molar-refractivity contribution in [1.82, 2.24) is 0 Å². The van der Waals surface area contributed by atoms with E-state index < -0.39 is 44.9 Å². The molecule has 52 heavy (non-hydrogen) atoms. The van der Waals surface area contributed by atoms with Crippen molar-refractivity contribution < 1.29 is 47.6 Å². The average Bonchev–Trinajstić information content (AvgIpc) is 3.02. The van der Waals surface area contributed by atoms with E-state index in [1.807, 2.05) is 23.5 Å². The van der Waals surface area contributed by atoms with Crippen molar-refractivity contribution in [3.63, 3.8) is 0 Å². The minimum atomic E-state index is -3.52. The summed E-state index contributed by atoms with van der Waals surface area (Å²) in [4.78, 5) is 40.7. The van der Waals surface area contributed by atoms with Gasteiger partial charge in [0.25, 0.3) is 0 Å². The van der Waals surface area contributed by atoms with E-state index in [9.17, 15) is 33.4 Å². The van der Waals surface area contributed by atoms with Gasteiger partial charge in [-0.15, -0.1) is 23.5 Å². The van der Waals surface area contributed by atoms with Gasteiger partial charge in [-0.1, -0.05) is 0 Å². The van der Waals surface area contributed by atoms with Crippen LogP contribution in [0.3, 0.4) is 0 Å². The number of ether oxygens (including phenoxy) is 3. The first-order chi connectivity index (χ1) is 24.4. The Balaban J connectivity index is 0.877. The quantitative estimate of drug-likeness (QED) is 0.205. The molecule has 6 unspecified atom stereocenters. The van der Waals surface area contributed by atoms with Gasteiger partial charge >= 0.3 is 23.8 Å². The highest BCUT2D eigenvalue weighted by Gasteiger charge is 2.68. The minimum Gasteiger partial charge on any atom is -0.464 e. The van der Waals surface area contributed by atoms with Crippen LogP contribution in [-0.4, -0.2) is 79.6 Å². The number of alkyl halides is 2. The van der Waals surface area contributed by atoms with Crippen LogP contribution < -0.4 is 0 Å². The van der Waals surface area contributed by atoms with E-state index in [0.29, 0.717) is 80.1 Å². The zero-order valence-electron chi connectivity index (χ0n) is 30.3. The minimum absolute atomic E-state index is 0.137. The smallest absolute Gasteiger partial charge is 0.377 e. The van der Waals surface area contributed by atoms with Gasteiger partial charge < -0.3 is 24.4 Å². The molecule has 12 saturated carbocycles. The summed E-state index contributed by atoms with van der Waals surface area (Å²) < 4.78 is 46.2. The number of hydrogen-bond acceptors (Lipinski definition) is 10. The molecule has 12 aliphatic carbocycles. The average molecular weight is 765 g/mol. The lowest BCUT2D eigenvalue weighted by atomic mass is 9.48. The van der Waals surface area contributed by atoms with E-state index in [0.717, 1.165) is 77.0 Å². The number of carbonyl (C=O) groups is 3. The maximum absolute atomic E-state index is 14.1. The van der Waals surface area contributed by atoms with Gasteiger partial charge in [-0.05, 0) is 151 Å². The Morgan fingerprint density at radius 3 is 1.50 bits per heavy atom. The van der Waals surface area contributed by atoms with Crippen LogP contribution in [0.4, 0.5) is 8.78 Å². The number of rotatable bonds is 8. The third-order valence-corrected chi connectivity index (χ3v) is 20.5. The highest BCUT2D eigenvalue weighted by Crippen LogP contribution is 2.71. The summed E-state index contributed by atoms with van der Waals surface area (Å²) in [6.07, 6.45) is 13.1. The summed E-state index contributed by atoms with van der Waals surface area (Å²) in [5.41, 5.74) is -4.30. The van der Waals surface area contributed by atoms with Crippen molar-refractivity contribution in [3.8, 4) is 0 Å². The third kappa shape index (κ3) is 5.49. The summed E-state index contributed by atoms with van der Waals surface area (Å²) in [5, 5.41) is 22.7. The van der Waals surface area contributed by atoms with Gasteiger partial charge in [-0.3, -0.25) is 9.59 Å². The van der Waals surface area contributed by atoms with Gasteiger partial charge in [-0.25, -0.2) is 4.79 Å². The molecular weight excluding hydrogens is 711 g/mol. The molecular formula is C40H54F2O8S2. The number of esters is 3. The molecule has 1 heterocycles. The molecule has 8 nitrogen and oxygen atoms in total. The van der Waals surface area contributed by atoms with E-state index in [1.54, 1.807) is 0 Å². The highest BCUT2D eigenvalue weighted by molar-refractivity contribution is 8.18. The molecule has 288 valence electrons. The molecule has 1 aliphatic heterocycles. The second-order valence-electron chi connectivity index (χ2n) is 20.7. The van der Waals surface area contributed by atoms with E-state index in [-0.39, 0.29) is 41.1 Å². The topological polar surface area (TPSA) is 119 Å². The SMILES string of the molecule is CC(F)(F)C(=O)OC12CC3CC(C1)C1(SCC(COC(=O)C45CC6CC(CC(O)(C6)C4)C5)(COC(=O)C45CC6CC(CC(O)(C6)C4)C5)CS1)C(C3)C2. The Kier molecular flexibility index (Phi) is 7.65. The van der Waals surface area contributed by atoms with Crippen LogP contribution in [0.15, 0.2) is 0 Å². The van der Waals surface area contributed by atoms with Crippen LogP contribution in [0.2, 0.25) is 0 Å². The third-order valence-electron chi connectivity index (χ3n) is 16.1. The Morgan fingerprint density at radius 1 is 0.654 bits per heavy atom. The van der Waals surface area contributed by atoms with Gasteiger partial charge in [-0.2, -0.15) is 8.78 Å². The van der Waals surface area contributed by atoms with Crippen molar-refractivity contribution >= 4 is 41.4 Å². The van der Waals surface area contributed by atoms with E-state index in [1.165, 1.54) is 0 Å². The van der Waals surface area contributed by atoms with Crippen molar-refractivity contribution in [2.24, 2.45) is 57.7 Å². The monoisotopic (exact) mass is 764 g/mol.